The van der Waals surface area contributed by atoms with Gasteiger partial charge in [0.05, 0.1) is 6.61 Å². The standard InChI is InChI=1S/C34H62O5/c1-3-5-7-9-11-13-15-16-17-19-21-23-25-27-29-34(37)39-32(30-35)31-38-33(36)28-26-24-22-20-18-14-12-10-8-6-4-2/h10,12,15-16,32,35H,3-9,11,13-14,17-31H2,1-2H3/b12-10-,16-15-. The van der Waals surface area contributed by atoms with E-state index in [0.717, 1.165) is 51.4 Å². The van der Waals surface area contributed by atoms with E-state index >= 15 is 0 Å². The Hall–Kier alpha value is -1.62. The summed E-state index contributed by atoms with van der Waals surface area (Å²) in [7, 11) is 0. The monoisotopic (exact) mass is 550 g/mol. The van der Waals surface area contributed by atoms with Gasteiger partial charge in [-0.05, 0) is 57.8 Å². The number of ether oxygens (including phenoxy) is 2. The summed E-state index contributed by atoms with van der Waals surface area (Å²) < 4.78 is 10.5. The number of aliphatic hydroxyl groups is 1. The van der Waals surface area contributed by atoms with E-state index in [-0.39, 0.29) is 25.2 Å². The lowest BCUT2D eigenvalue weighted by atomic mass is 10.1. The van der Waals surface area contributed by atoms with E-state index in [0.29, 0.717) is 12.8 Å². The second-order valence-electron chi connectivity index (χ2n) is 10.9. The second kappa shape index (κ2) is 30.9. The summed E-state index contributed by atoms with van der Waals surface area (Å²) in [5.74, 6) is -0.614. The minimum atomic E-state index is -0.773. The zero-order valence-electron chi connectivity index (χ0n) is 25.6. The molecule has 0 fully saturated rings. The molecule has 39 heavy (non-hydrogen) atoms. The highest BCUT2D eigenvalue weighted by Gasteiger charge is 2.16. The molecule has 1 unspecified atom stereocenters. The maximum Gasteiger partial charge on any atom is 0.306 e. The third-order valence-electron chi connectivity index (χ3n) is 6.97. The van der Waals surface area contributed by atoms with Gasteiger partial charge in [-0.3, -0.25) is 9.59 Å². The molecule has 0 spiro atoms. The fourth-order valence-electron chi connectivity index (χ4n) is 4.41. The van der Waals surface area contributed by atoms with Crippen LogP contribution in [0.3, 0.4) is 0 Å². The van der Waals surface area contributed by atoms with Gasteiger partial charge in [-0.1, -0.05) is 115 Å². The molecule has 0 saturated carbocycles. The average molecular weight is 551 g/mol. The van der Waals surface area contributed by atoms with E-state index < -0.39 is 6.10 Å². The molecule has 1 atom stereocenters. The lowest BCUT2D eigenvalue weighted by molar-refractivity contribution is -0.161. The molecule has 0 radical (unpaired) electrons. The SMILES string of the molecule is CCCC/C=C\CCCCCCCC(=O)OCC(CO)OC(=O)CCCCCCC/C=C\CCCCCCC. The van der Waals surface area contributed by atoms with Gasteiger partial charge in [0, 0.05) is 12.8 Å². The largest absolute Gasteiger partial charge is 0.462 e. The molecule has 0 aliphatic carbocycles. The van der Waals surface area contributed by atoms with E-state index in [1.807, 2.05) is 0 Å². The van der Waals surface area contributed by atoms with Crippen molar-refractivity contribution >= 4 is 11.9 Å². The fraction of sp³-hybridized carbons (Fsp3) is 0.824. The molecular weight excluding hydrogens is 488 g/mol. The van der Waals surface area contributed by atoms with Crippen molar-refractivity contribution in [3.63, 3.8) is 0 Å². The molecule has 0 bridgehead atoms. The Balaban J connectivity index is 3.61. The second-order valence-corrected chi connectivity index (χ2v) is 10.9. The van der Waals surface area contributed by atoms with Gasteiger partial charge in [-0.15, -0.1) is 0 Å². The van der Waals surface area contributed by atoms with E-state index in [4.69, 9.17) is 9.47 Å². The first-order valence-electron chi connectivity index (χ1n) is 16.4. The summed E-state index contributed by atoms with van der Waals surface area (Å²) in [5, 5.41) is 9.48. The Morgan fingerprint density at radius 2 is 0.974 bits per heavy atom. The van der Waals surface area contributed by atoms with Crippen LogP contribution in [0, 0.1) is 0 Å². The van der Waals surface area contributed by atoms with Gasteiger partial charge in [0.15, 0.2) is 6.10 Å². The van der Waals surface area contributed by atoms with Gasteiger partial charge in [0.25, 0.3) is 0 Å². The van der Waals surface area contributed by atoms with Crippen molar-refractivity contribution < 1.29 is 24.2 Å². The first kappa shape index (κ1) is 37.4. The maximum absolute atomic E-state index is 12.1. The van der Waals surface area contributed by atoms with E-state index in [1.54, 1.807) is 0 Å². The first-order valence-corrected chi connectivity index (χ1v) is 16.4. The van der Waals surface area contributed by atoms with Crippen molar-refractivity contribution in [1.82, 2.24) is 0 Å². The van der Waals surface area contributed by atoms with Crippen LogP contribution in [0.5, 0.6) is 0 Å². The summed E-state index contributed by atoms with van der Waals surface area (Å²) in [6.45, 7) is 4.05. The van der Waals surface area contributed by atoms with Gasteiger partial charge in [-0.2, -0.15) is 0 Å². The number of rotatable bonds is 29. The van der Waals surface area contributed by atoms with E-state index in [2.05, 4.69) is 38.2 Å². The number of carbonyl (C=O) groups is 2. The summed E-state index contributed by atoms with van der Waals surface area (Å²) in [5.41, 5.74) is 0. The lowest BCUT2D eigenvalue weighted by Gasteiger charge is -2.15. The van der Waals surface area contributed by atoms with Crippen LogP contribution in [0.15, 0.2) is 24.3 Å². The van der Waals surface area contributed by atoms with Crippen LogP contribution in [0.25, 0.3) is 0 Å². The number of allylic oxidation sites excluding steroid dienone is 4. The molecule has 5 nitrogen and oxygen atoms in total. The Kier molecular flexibility index (Phi) is 29.6. The lowest BCUT2D eigenvalue weighted by Crippen LogP contribution is -2.28. The average Bonchev–Trinajstić information content (AvgIpc) is 2.94. The molecule has 228 valence electrons. The smallest absolute Gasteiger partial charge is 0.306 e. The zero-order chi connectivity index (χ0) is 28.7. The van der Waals surface area contributed by atoms with Gasteiger partial charge in [-0.25, -0.2) is 0 Å². The molecule has 0 aromatic heterocycles. The van der Waals surface area contributed by atoms with Gasteiger partial charge in [0.1, 0.15) is 6.61 Å². The topological polar surface area (TPSA) is 72.8 Å². The van der Waals surface area contributed by atoms with Crippen molar-refractivity contribution in [1.29, 1.82) is 0 Å². The number of hydrogen-bond donors (Lipinski definition) is 1. The van der Waals surface area contributed by atoms with Crippen molar-refractivity contribution in [2.75, 3.05) is 13.2 Å². The third kappa shape index (κ3) is 29.2. The quantitative estimate of drug-likeness (QED) is 0.0570. The minimum Gasteiger partial charge on any atom is -0.462 e. The minimum absolute atomic E-state index is 0.0717. The fourth-order valence-corrected chi connectivity index (χ4v) is 4.41. The number of esters is 2. The molecule has 0 aliphatic heterocycles. The molecule has 0 aliphatic rings. The number of unbranched alkanes of at least 4 members (excludes halogenated alkanes) is 17. The highest BCUT2D eigenvalue weighted by Crippen LogP contribution is 2.11. The molecule has 0 amide bonds. The van der Waals surface area contributed by atoms with Crippen LogP contribution < -0.4 is 0 Å². The first-order chi connectivity index (χ1) is 19.1. The normalized spacial score (nSPS) is 12.4. The summed E-state index contributed by atoms with van der Waals surface area (Å²) in [6, 6.07) is 0. The molecule has 0 heterocycles. The van der Waals surface area contributed by atoms with Crippen LogP contribution in [0.2, 0.25) is 0 Å². The number of aliphatic hydroxyl groups excluding tert-OH is 1. The van der Waals surface area contributed by atoms with Gasteiger partial charge >= 0.3 is 11.9 Å². The molecular formula is C34H62O5. The molecule has 0 aromatic rings. The van der Waals surface area contributed by atoms with Crippen LogP contribution in [0.1, 0.15) is 162 Å². The Morgan fingerprint density at radius 3 is 1.46 bits per heavy atom. The van der Waals surface area contributed by atoms with Crippen LogP contribution >= 0.6 is 0 Å². The highest BCUT2D eigenvalue weighted by molar-refractivity contribution is 5.70. The van der Waals surface area contributed by atoms with Gasteiger partial charge in [0.2, 0.25) is 0 Å². The predicted molar refractivity (Wildman–Crippen MR) is 164 cm³/mol. The molecule has 0 rings (SSSR count). The predicted octanol–water partition coefficient (Wildman–Crippen LogP) is 9.56. The van der Waals surface area contributed by atoms with Crippen LogP contribution in [-0.4, -0.2) is 36.4 Å². The highest BCUT2D eigenvalue weighted by atomic mass is 16.6. The van der Waals surface area contributed by atoms with Crippen molar-refractivity contribution in [3.8, 4) is 0 Å². The Morgan fingerprint density at radius 1 is 0.564 bits per heavy atom. The molecule has 0 aromatic carbocycles. The maximum atomic E-state index is 12.1. The third-order valence-corrected chi connectivity index (χ3v) is 6.97. The van der Waals surface area contributed by atoms with E-state index in [9.17, 15) is 14.7 Å². The van der Waals surface area contributed by atoms with Crippen molar-refractivity contribution in [3.05, 3.63) is 24.3 Å². The Labute approximate surface area is 241 Å². The summed E-state index contributed by atoms with van der Waals surface area (Å²) in [4.78, 5) is 24.0. The number of hydrogen-bond acceptors (Lipinski definition) is 5. The van der Waals surface area contributed by atoms with Crippen LogP contribution in [0.4, 0.5) is 0 Å². The zero-order valence-corrected chi connectivity index (χ0v) is 25.6. The molecule has 0 saturated heterocycles. The van der Waals surface area contributed by atoms with Crippen molar-refractivity contribution in [2.24, 2.45) is 0 Å². The van der Waals surface area contributed by atoms with Crippen LogP contribution in [-0.2, 0) is 19.1 Å². The molecule has 1 N–H and O–H groups in total. The summed E-state index contributed by atoms with van der Waals surface area (Å²) in [6.07, 6.45) is 33.7. The van der Waals surface area contributed by atoms with E-state index in [1.165, 1.54) is 83.5 Å². The number of carbonyl (C=O) groups excluding carboxylic acids is 2. The molecule has 5 heteroatoms. The Bertz CT molecular complexity index is 598. The van der Waals surface area contributed by atoms with Gasteiger partial charge < -0.3 is 14.6 Å². The van der Waals surface area contributed by atoms with Crippen molar-refractivity contribution in [2.45, 2.75) is 168 Å². The summed E-state index contributed by atoms with van der Waals surface area (Å²) >= 11 is 0.